The molecule has 0 bridgehead atoms. The normalized spacial score (nSPS) is 10.2. The number of hydrogen-bond acceptors (Lipinski definition) is 5. The summed E-state index contributed by atoms with van der Waals surface area (Å²) in [6.07, 6.45) is 4.79. The first-order valence-electron chi connectivity index (χ1n) is 5.43. The van der Waals surface area contributed by atoms with Gasteiger partial charge in [-0.3, -0.25) is 9.48 Å². The molecule has 0 aliphatic rings. The van der Waals surface area contributed by atoms with E-state index in [-0.39, 0.29) is 0 Å². The Bertz CT molecular complexity index is 533. The third-order valence-electron chi connectivity index (χ3n) is 2.35. The van der Waals surface area contributed by atoms with Crippen molar-refractivity contribution in [1.29, 1.82) is 0 Å². The van der Waals surface area contributed by atoms with Crippen LogP contribution >= 0.6 is 0 Å². The Morgan fingerprint density at radius 2 is 2.22 bits per heavy atom. The summed E-state index contributed by atoms with van der Waals surface area (Å²) in [7, 11) is 0. The zero-order chi connectivity index (χ0) is 13.0. The fourth-order valence-electron chi connectivity index (χ4n) is 1.44. The third kappa shape index (κ3) is 2.97. The zero-order valence-corrected chi connectivity index (χ0v) is 9.71. The number of anilines is 2. The van der Waals surface area contributed by atoms with Gasteiger partial charge in [0.1, 0.15) is 5.82 Å². The topological polar surface area (TPSA) is 112 Å². The predicted octanol–water partition coefficient (Wildman–Crippen LogP) is 0.0713. The van der Waals surface area contributed by atoms with Gasteiger partial charge in [-0.05, 0) is 12.1 Å². The maximum Gasteiger partial charge on any atom is 0.250 e. The number of primary amides is 1. The molecule has 2 heterocycles. The molecule has 1 amide bonds. The molecule has 0 saturated carbocycles. The van der Waals surface area contributed by atoms with Crippen LogP contribution in [0.2, 0.25) is 0 Å². The fraction of sp³-hybridized carbons (Fsp3) is 0.182. The number of amides is 1. The van der Waals surface area contributed by atoms with Gasteiger partial charge in [0.05, 0.1) is 24.0 Å². The molecule has 5 N–H and O–H groups in total. The molecule has 2 aromatic heterocycles. The van der Waals surface area contributed by atoms with Gasteiger partial charge < -0.3 is 16.8 Å². The van der Waals surface area contributed by atoms with Crippen molar-refractivity contribution in [2.45, 2.75) is 6.54 Å². The molecule has 0 aromatic carbocycles. The summed E-state index contributed by atoms with van der Waals surface area (Å²) >= 11 is 0. The molecule has 2 aromatic rings. The SMILES string of the molecule is NC(=O)c1ccc(NCCn2cc(N)cn2)nc1. The molecule has 7 heteroatoms. The van der Waals surface area contributed by atoms with E-state index in [1.54, 1.807) is 29.2 Å². The lowest BCUT2D eigenvalue weighted by molar-refractivity contribution is 0.1000. The van der Waals surface area contributed by atoms with E-state index in [0.717, 1.165) is 0 Å². The maximum atomic E-state index is 10.9. The zero-order valence-electron chi connectivity index (χ0n) is 9.71. The number of nitrogens with one attached hydrogen (secondary N) is 1. The fourth-order valence-corrected chi connectivity index (χ4v) is 1.44. The number of rotatable bonds is 5. The minimum absolute atomic E-state index is 0.389. The Morgan fingerprint density at radius 3 is 2.78 bits per heavy atom. The number of nitrogens with two attached hydrogens (primary N) is 2. The number of hydrogen-bond donors (Lipinski definition) is 3. The first-order valence-corrected chi connectivity index (χ1v) is 5.43. The summed E-state index contributed by atoms with van der Waals surface area (Å²) in [5.74, 6) is 0.196. The predicted molar refractivity (Wildman–Crippen MR) is 67.9 cm³/mol. The molecule has 7 nitrogen and oxygen atoms in total. The standard InChI is InChI=1S/C11H14N6O/c12-9-6-16-17(7-9)4-3-14-10-2-1-8(5-15-10)11(13)18/h1-2,5-7H,3-4,12H2,(H2,13,18)(H,14,15). The van der Waals surface area contributed by atoms with E-state index in [0.29, 0.717) is 30.2 Å². The van der Waals surface area contributed by atoms with Crippen molar-refractivity contribution < 1.29 is 4.79 Å². The van der Waals surface area contributed by atoms with Gasteiger partial charge in [0.2, 0.25) is 5.91 Å². The Balaban J connectivity index is 1.85. The van der Waals surface area contributed by atoms with Crippen LogP contribution in [0.3, 0.4) is 0 Å². The molecule has 0 spiro atoms. The van der Waals surface area contributed by atoms with Crippen LogP contribution in [0, 0.1) is 0 Å². The highest BCUT2D eigenvalue weighted by Crippen LogP contribution is 2.04. The number of nitrogen functional groups attached to an aromatic ring is 1. The second-order valence-electron chi connectivity index (χ2n) is 3.76. The molecule has 0 fully saturated rings. The van der Waals surface area contributed by atoms with Crippen LogP contribution in [0.15, 0.2) is 30.7 Å². The van der Waals surface area contributed by atoms with Crippen LogP contribution in [0.1, 0.15) is 10.4 Å². The Morgan fingerprint density at radius 1 is 1.39 bits per heavy atom. The first-order chi connectivity index (χ1) is 8.65. The van der Waals surface area contributed by atoms with E-state index in [1.807, 2.05) is 0 Å². The van der Waals surface area contributed by atoms with Crippen LogP contribution in [-0.2, 0) is 6.54 Å². The van der Waals surface area contributed by atoms with Crippen molar-refractivity contribution in [3.8, 4) is 0 Å². The molecular weight excluding hydrogens is 232 g/mol. The first kappa shape index (κ1) is 11.9. The molecule has 0 aliphatic heterocycles. The Hall–Kier alpha value is -2.57. The molecule has 94 valence electrons. The van der Waals surface area contributed by atoms with E-state index in [1.165, 1.54) is 6.20 Å². The number of nitrogens with zero attached hydrogens (tertiary/aromatic N) is 3. The molecule has 2 rings (SSSR count). The largest absolute Gasteiger partial charge is 0.396 e. The van der Waals surface area contributed by atoms with Crippen molar-refractivity contribution >= 4 is 17.4 Å². The van der Waals surface area contributed by atoms with E-state index in [4.69, 9.17) is 11.5 Å². The monoisotopic (exact) mass is 246 g/mol. The van der Waals surface area contributed by atoms with Crippen LogP contribution in [0.4, 0.5) is 11.5 Å². The quantitative estimate of drug-likeness (QED) is 0.691. The lowest BCUT2D eigenvalue weighted by Crippen LogP contribution is -2.13. The van der Waals surface area contributed by atoms with Crippen molar-refractivity contribution in [2.75, 3.05) is 17.6 Å². The van der Waals surface area contributed by atoms with Gasteiger partial charge in [0.25, 0.3) is 0 Å². The van der Waals surface area contributed by atoms with Crippen LogP contribution in [0.25, 0.3) is 0 Å². The summed E-state index contributed by atoms with van der Waals surface area (Å²) in [6.45, 7) is 1.33. The molecule has 18 heavy (non-hydrogen) atoms. The molecule has 0 saturated heterocycles. The highest BCUT2D eigenvalue weighted by Gasteiger charge is 2.00. The average molecular weight is 246 g/mol. The van der Waals surface area contributed by atoms with Crippen molar-refractivity contribution in [1.82, 2.24) is 14.8 Å². The lowest BCUT2D eigenvalue weighted by Gasteiger charge is -2.05. The Kier molecular flexibility index (Phi) is 3.42. The van der Waals surface area contributed by atoms with Crippen molar-refractivity contribution in [2.24, 2.45) is 5.73 Å². The van der Waals surface area contributed by atoms with Crippen LogP contribution in [0.5, 0.6) is 0 Å². The summed E-state index contributed by atoms with van der Waals surface area (Å²) in [5, 5.41) is 7.16. The van der Waals surface area contributed by atoms with Gasteiger partial charge in [-0.15, -0.1) is 0 Å². The maximum absolute atomic E-state index is 10.9. The number of pyridine rings is 1. The minimum Gasteiger partial charge on any atom is -0.396 e. The highest BCUT2D eigenvalue weighted by atomic mass is 16.1. The average Bonchev–Trinajstić information content (AvgIpc) is 2.76. The number of carbonyl (C=O) groups is 1. The van der Waals surface area contributed by atoms with Gasteiger partial charge in [-0.1, -0.05) is 0 Å². The minimum atomic E-state index is -0.485. The lowest BCUT2D eigenvalue weighted by atomic mass is 10.3. The Labute approximate surface area is 104 Å². The van der Waals surface area contributed by atoms with E-state index in [2.05, 4.69) is 15.4 Å². The molecule has 0 radical (unpaired) electrons. The molecule has 0 aliphatic carbocycles. The second-order valence-corrected chi connectivity index (χ2v) is 3.76. The van der Waals surface area contributed by atoms with E-state index in [9.17, 15) is 4.79 Å². The summed E-state index contributed by atoms with van der Waals surface area (Å²) < 4.78 is 1.74. The van der Waals surface area contributed by atoms with Gasteiger partial charge in [-0.25, -0.2) is 4.98 Å². The molecule has 0 unspecified atom stereocenters. The second kappa shape index (κ2) is 5.17. The van der Waals surface area contributed by atoms with E-state index >= 15 is 0 Å². The van der Waals surface area contributed by atoms with Crippen molar-refractivity contribution in [3.63, 3.8) is 0 Å². The third-order valence-corrected chi connectivity index (χ3v) is 2.35. The van der Waals surface area contributed by atoms with Crippen molar-refractivity contribution in [3.05, 3.63) is 36.3 Å². The number of carbonyl (C=O) groups excluding carboxylic acids is 1. The summed E-state index contributed by atoms with van der Waals surface area (Å²) in [6, 6.07) is 3.33. The smallest absolute Gasteiger partial charge is 0.250 e. The van der Waals surface area contributed by atoms with Crippen LogP contribution in [-0.4, -0.2) is 27.2 Å². The highest BCUT2D eigenvalue weighted by molar-refractivity contribution is 5.92. The molecular formula is C11H14N6O. The van der Waals surface area contributed by atoms with E-state index < -0.39 is 5.91 Å². The molecule has 0 atom stereocenters. The van der Waals surface area contributed by atoms with Crippen LogP contribution < -0.4 is 16.8 Å². The van der Waals surface area contributed by atoms with Gasteiger partial charge in [0, 0.05) is 18.9 Å². The van der Waals surface area contributed by atoms with Gasteiger partial charge >= 0.3 is 0 Å². The summed E-state index contributed by atoms with van der Waals surface area (Å²) in [4.78, 5) is 14.9. The summed E-state index contributed by atoms with van der Waals surface area (Å²) in [5.41, 5.74) is 11.7. The number of aromatic nitrogens is 3. The van der Waals surface area contributed by atoms with Gasteiger partial charge in [-0.2, -0.15) is 5.10 Å². The van der Waals surface area contributed by atoms with Gasteiger partial charge in [0.15, 0.2) is 0 Å².